The Morgan fingerprint density at radius 2 is 1.86 bits per heavy atom. The highest BCUT2D eigenvalue weighted by molar-refractivity contribution is 5.37. The van der Waals surface area contributed by atoms with Gasteiger partial charge in [-0.2, -0.15) is 13.2 Å². The van der Waals surface area contributed by atoms with Crippen molar-refractivity contribution in [2.75, 3.05) is 25.1 Å². The van der Waals surface area contributed by atoms with Crippen LogP contribution in [0.3, 0.4) is 0 Å². The fourth-order valence-corrected chi connectivity index (χ4v) is 1.62. The van der Waals surface area contributed by atoms with Crippen LogP contribution in [0.5, 0.6) is 0 Å². The molecule has 1 heterocycles. The number of rotatable bonds is 6. The summed E-state index contributed by atoms with van der Waals surface area (Å²) in [5.74, 6) is 1.17. The molecule has 1 aromatic rings. The zero-order chi connectivity index (χ0) is 16.1. The van der Waals surface area contributed by atoms with Crippen molar-refractivity contribution in [3.63, 3.8) is 0 Å². The minimum atomic E-state index is -4.30. The van der Waals surface area contributed by atoms with E-state index in [2.05, 4.69) is 20.0 Å². The number of aromatic nitrogens is 2. The van der Waals surface area contributed by atoms with Gasteiger partial charge in [0.15, 0.2) is 0 Å². The van der Waals surface area contributed by atoms with Gasteiger partial charge in [0.2, 0.25) is 0 Å². The zero-order valence-electron chi connectivity index (χ0n) is 12.8. The van der Waals surface area contributed by atoms with E-state index in [-0.39, 0.29) is 18.4 Å². The Kier molecular flexibility index (Phi) is 5.95. The van der Waals surface area contributed by atoms with Crippen molar-refractivity contribution in [1.82, 2.24) is 9.97 Å². The van der Waals surface area contributed by atoms with Gasteiger partial charge in [-0.1, -0.05) is 20.8 Å². The molecule has 0 radical (unpaired) electrons. The van der Waals surface area contributed by atoms with Crippen molar-refractivity contribution in [3.05, 3.63) is 17.6 Å². The van der Waals surface area contributed by atoms with Gasteiger partial charge in [-0.15, -0.1) is 0 Å². The van der Waals surface area contributed by atoms with Crippen LogP contribution in [-0.2, 0) is 16.6 Å². The molecule has 0 spiro atoms. The van der Waals surface area contributed by atoms with Gasteiger partial charge in [0.05, 0.1) is 12.3 Å². The molecule has 0 saturated carbocycles. The van der Waals surface area contributed by atoms with E-state index in [9.17, 15) is 13.2 Å². The fourth-order valence-electron chi connectivity index (χ4n) is 1.62. The zero-order valence-corrected chi connectivity index (χ0v) is 12.8. The maximum absolute atomic E-state index is 12.0. The molecule has 0 unspecified atom stereocenters. The average molecular weight is 305 g/mol. The quantitative estimate of drug-likeness (QED) is 0.819. The molecule has 1 N–H and O–H groups in total. The van der Waals surface area contributed by atoms with E-state index in [1.165, 1.54) is 0 Å². The molecule has 0 aromatic carbocycles. The summed E-state index contributed by atoms with van der Waals surface area (Å²) in [4.78, 5) is 8.70. The first kappa shape index (κ1) is 17.7. The minimum Gasteiger partial charge on any atom is -0.372 e. The Hall–Kier alpha value is -1.37. The van der Waals surface area contributed by atoms with Gasteiger partial charge in [-0.05, 0) is 6.92 Å². The highest BCUT2D eigenvalue weighted by Crippen LogP contribution is 2.22. The fraction of sp³-hybridized carbons (Fsp3) is 0.714. The molecule has 120 valence electrons. The lowest BCUT2D eigenvalue weighted by Gasteiger charge is -2.19. The smallest absolute Gasteiger partial charge is 0.372 e. The monoisotopic (exact) mass is 305 g/mol. The number of hydrogen-bond acceptors (Lipinski definition) is 4. The first-order valence-corrected chi connectivity index (χ1v) is 6.88. The third kappa shape index (κ3) is 6.75. The third-order valence-electron chi connectivity index (χ3n) is 2.63. The molecule has 0 aliphatic heterocycles. The van der Waals surface area contributed by atoms with Gasteiger partial charge in [-0.25, -0.2) is 9.97 Å². The second kappa shape index (κ2) is 7.06. The molecular formula is C14H22F3N3O. The van der Waals surface area contributed by atoms with Crippen molar-refractivity contribution in [2.45, 2.75) is 45.7 Å². The van der Waals surface area contributed by atoms with Crippen LogP contribution in [0.2, 0.25) is 0 Å². The molecule has 4 nitrogen and oxygen atoms in total. The molecule has 0 bridgehead atoms. The molecule has 0 fully saturated rings. The summed E-state index contributed by atoms with van der Waals surface area (Å²) in [6, 6.07) is 1.86. The van der Waals surface area contributed by atoms with Crippen LogP contribution in [0, 0.1) is 0 Å². The summed E-state index contributed by atoms with van der Waals surface area (Å²) in [6.07, 6.45) is -4.05. The molecule has 0 aliphatic carbocycles. The highest BCUT2D eigenvalue weighted by Gasteiger charge is 2.27. The number of halogens is 3. The molecule has 0 aliphatic rings. The van der Waals surface area contributed by atoms with E-state index in [0.29, 0.717) is 18.2 Å². The minimum absolute atomic E-state index is 0.0569. The van der Waals surface area contributed by atoms with Crippen LogP contribution in [0.4, 0.5) is 19.0 Å². The lowest BCUT2D eigenvalue weighted by atomic mass is 9.92. The molecule has 1 aromatic heterocycles. The number of ether oxygens (including phenoxy) is 1. The van der Waals surface area contributed by atoms with Crippen molar-refractivity contribution < 1.29 is 17.9 Å². The Labute approximate surface area is 123 Å². The number of nitrogens with one attached hydrogen (secondary N) is 1. The average Bonchev–Trinajstić information content (AvgIpc) is 2.33. The molecule has 7 heteroatoms. The predicted molar refractivity (Wildman–Crippen MR) is 75.5 cm³/mol. The van der Waals surface area contributed by atoms with Gasteiger partial charge in [0, 0.05) is 24.4 Å². The topological polar surface area (TPSA) is 47.0 Å². The number of anilines is 1. The van der Waals surface area contributed by atoms with E-state index >= 15 is 0 Å². The lowest BCUT2D eigenvalue weighted by Crippen LogP contribution is -2.20. The molecule has 1 rings (SSSR count). The van der Waals surface area contributed by atoms with E-state index in [1.54, 1.807) is 0 Å². The number of hydrogen-bond donors (Lipinski definition) is 1. The third-order valence-corrected chi connectivity index (χ3v) is 2.63. The van der Waals surface area contributed by atoms with Crippen LogP contribution < -0.4 is 5.32 Å². The van der Waals surface area contributed by atoms with E-state index in [0.717, 1.165) is 5.69 Å². The van der Waals surface area contributed by atoms with Gasteiger partial charge in [0.1, 0.15) is 18.2 Å². The lowest BCUT2D eigenvalue weighted by molar-refractivity contribution is -0.173. The molecule has 0 atom stereocenters. The first-order chi connectivity index (χ1) is 9.62. The van der Waals surface area contributed by atoms with E-state index < -0.39 is 12.8 Å². The Bertz CT molecular complexity index is 456. The highest BCUT2D eigenvalue weighted by atomic mass is 19.4. The predicted octanol–water partition coefficient (Wildman–Crippen LogP) is 3.33. The molecule has 0 amide bonds. The molecule has 0 saturated heterocycles. The second-order valence-corrected chi connectivity index (χ2v) is 5.75. The maximum atomic E-state index is 12.0. The first-order valence-electron chi connectivity index (χ1n) is 6.88. The standard InChI is InChI=1S/C14H22F3N3O/c1-5-18-12-8-10(13(2,3)4)19-11(20-12)6-7-21-9-14(15,16)17/h8H,5-7,9H2,1-4H3,(H,18,19,20). The number of nitrogens with zero attached hydrogens (tertiary/aromatic N) is 2. The summed E-state index contributed by atoms with van der Waals surface area (Å²) in [6.45, 7) is 7.43. The van der Waals surface area contributed by atoms with E-state index in [1.807, 2.05) is 33.8 Å². The maximum Gasteiger partial charge on any atom is 0.411 e. The van der Waals surface area contributed by atoms with Crippen LogP contribution in [0.25, 0.3) is 0 Å². The Morgan fingerprint density at radius 3 is 2.38 bits per heavy atom. The SMILES string of the molecule is CCNc1cc(C(C)(C)C)nc(CCOCC(F)(F)F)n1. The summed E-state index contributed by atoms with van der Waals surface area (Å²) in [7, 11) is 0. The van der Waals surface area contributed by atoms with Crippen molar-refractivity contribution in [2.24, 2.45) is 0 Å². The van der Waals surface area contributed by atoms with Crippen LogP contribution in [0.15, 0.2) is 6.07 Å². The van der Waals surface area contributed by atoms with E-state index in [4.69, 9.17) is 0 Å². The summed E-state index contributed by atoms with van der Waals surface area (Å²) in [5.41, 5.74) is 0.689. The summed E-state index contributed by atoms with van der Waals surface area (Å²) in [5, 5.41) is 3.10. The van der Waals surface area contributed by atoms with Crippen molar-refractivity contribution in [3.8, 4) is 0 Å². The van der Waals surface area contributed by atoms with Crippen LogP contribution >= 0.6 is 0 Å². The molecule has 21 heavy (non-hydrogen) atoms. The van der Waals surface area contributed by atoms with Gasteiger partial charge in [0.25, 0.3) is 0 Å². The van der Waals surface area contributed by atoms with Crippen molar-refractivity contribution in [1.29, 1.82) is 0 Å². The normalized spacial score (nSPS) is 12.5. The second-order valence-electron chi connectivity index (χ2n) is 5.75. The Morgan fingerprint density at radius 1 is 1.19 bits per heavy atom. The van der Waals surface area contributed by atoms with Crippen LogP contribution in [-0.4, -0.2) is 35.9 Å². The summed E-state index contributed by atoms with van der Waals surface area (Å²) >= 11 is 0. The van der Waals surface area contributed by atoms with Gasteiger partial charge < -0.3 is 10.1 Å². The Balaban J connectivity index is 2.74. The summed E-state index contributed by atoms with van der Waals surface area (Å²) < 4.78 is 40.6. The van der Waals surface area contributed by atoms with Gasteiger partial charge >= 0.3 is 6.18 Å². The van der Waals surface area contributed by atoms with Crippen molar-refractivity contribution >= 4 is 5.82 Å². The largest absolute Gasteiger partial charge is 0.411 e. The van der Waals surface area contributed by atoms with Gasteiger partial charge in [-0.3, -0.25) is 0 Å². The van der Waals surface area contributed by atoms with Crippen LogP contribution in [0.1, 0.15) is 39.2 Å². The molecular weight excluding hydrogens is 283 g/mol. The number of alkyl halides is 3.